The van der Waals surface area contributed by atoms with Crippen molar-refractivity contribution in [1.82, 2.24) is 0 Å². The van der Waals surface area contributed by atoms with E-state index in [-0.39, 0.29) is 108 Å². The number of aliphatic carboxylic acids is 2. The molecule has 0 amide bonds. The maximum atomic E-state index is 9.10. The Labute approximate surface area is 135 Å². The van der Waals surface area contributed by atoms with Crippen molar-refractivity contribution in [2.24, 2.45) is 0 Å². The molecule has 8 heavy (non-hydrogen) atoms. The average molecular weight is 383 g/mol. The van der Waals surface area contributed by atoms with E-state index < -0.39 is 11.9 Å². The predicted molar refractivity (Wildman–Crippen MR) is 22.4 cm³/mol. The van der Waals surface area contributed by atoms with Crippen molar-refractivity contribution in [2.75, 3.05) is 0 Å². The van der Waals surface area contributed by atoms with Gasteiger partial charge in [-0.15, -0.1) is 0 Å². The number of rotatable bonds is 0. The fourth-order valence-electron chi connectivity index (χ4n) is 0. The molecule has 0 rings (SSSR count). The maximum absolute atomic E-state index is 9.10. The molecule has 0 heterocycles. The molecule has 45 valence electrons. The van der Waals surface area contributed by atoms with Gasteiger partial charge in [0.2, 0.25) is 0 Å². The zero-order valence-corrected chi connectivity index (χ0v) is 5.18. The van der Waals surface area contributed by atoms with Crippen molar-refractivity contribution in [3.63, 3.8) is 0 Å². The summed E-state index contributed by atoms with van der Waals surface area (Å²) < 4.78 is 0. The molecule has 0 aromatic heterocycles. The third-order valence-electron chi connectivity index (χ3n) is 0.183. The molecule has 2 N–H and O–H groups in total. The second kappa shape index (κ2) is 9.28. The summed E-state index contributed by atoms with van der Waals surface area (Å²) in [5.74, 6) is -3.65. The Morgan fingerprint density at radius 2 is 1.12 bits per heavy atom. The molecular weight excluding hydrogens is 380 g/mol. The molecule has 6 heteroatoms. The summed E-state index contributed by atoms with van der Waals surface area (Å²) in [4.78, 5) is 18.2. The first-order chi connectivity index (χ1) is 2.64. The van der Waals surface area contributed by atoms with Gasteiger partial charge in [0.25, 0.3) is 0 Å². The molecule has 0 bridgehead atoms. The smallest absolute Gasteiger partial charge is 0 e. The van der Waals surface area contributed by atoms with Crippen LogP contribution in [-0.2, 0) is 9.59 Å². The van der Waals surface area contributed by atoms with Crippen molar-refractivity contribution in [3.8, 4) is 0 Å². The van der Waals surface area contributed by atoms with E-state index in [4.69, 9.17) is 19.8 Å². The molecule has 0 saturated carbocycles. The van der Waals surface area contributed by atoms with Gasteiger partial charge in [-0.05, 0) is 0 Å². The minimum absolute atomic E-state index is 0. The molecule has 0 unspecified atom stereocenters. The summed E-state index contributed by atoms with van der Waals surface area (Å²) in [7, 11) is 0. The summed E-state index contributed by atoms with van der Waals surface area (Å²) in [6.45, 7) is 0. The van der Waals surface area contributed by atoms with Crippen molar-refractivity contribution >= 4 is 80.8 Å². The molecule has 1 radical (unpaired) electrons. The third kappa shape index (κ3) is 11.1. The zero-order valence-electron chi connectivity index (χ0n) is 3.04. The van der Waals surface area contributed by atoms with Crippen molar-refractivity contribution in [1.29, 1.82) is 0 Å². The van der Waals surface area contributed by atoms with E-state index in [9.17, 15) is 0 Å². The minimum atomic E-state index is -1.82. The van der Waals surface area contributed by atoms with E-state index in [0.29, 0.717) is 0 Å². The molecule has 0 spiro atoms. The van der Waals surface area contributed by atoms with Gasteiger partial charge in [-0.2, -0.15) is 0 Å². The number of carboxylic acids is 2. The molecule has 0 aliphatic rings. The Kier molecular flexibility index (Phi) is 19.4. The normalized spacial score (nSPS) is 5.50. The van der Waals surface area contributed by atoms with Gasteiger partial charge >= 0.3 is 80.8 Å². The van der Waals surface area contributed by atoms with Gasteiger partial charge in [-0.25, -0.2) is 9.59 Å². The number of hydrogen-bond donors (Lipinski definition) is 2. The quantitative estimate of drug-likeness (QED) is 0.500. The van der Waals surface area contributed by atoms with Crippen molar-refractivity contribution < 1.29 is 58.4 Å². The second-order valence-electron chi connectivity index (χ2n) is 0.610. The van der Waals surface area contributed by atoms with Crippen LogP contribution in [0.15, 0.2) is 0 Å². The molecule has 0 aromatic rings. The third-order valence-corrected chi connectivity index (χ3v) is 0.183. The Morgan fingerprint density at radius 3 is 1.12 bits per heavy atom. The van der Waals surface area contributed by atoms with Crippen LogP contribution in [0.4, 0.5) is 0 Å². The number of hydrogen-bond acceptors (Lipinski definition) is 2. The molecule has 4 nitrogen and oxygen atoms in total. The summed E-state index contributed by atoms with van der Waals surface area (Å²) >= 11 is 0. The van der Waals surface area contributed by atoms with Crippen LogP contribution in [0.25, 0.3) is 0 Å². The van der Waals surface area contributed by atoms with Gasteiger partial charge in [0, 0.05) is 38.6 Å². The molecule has 0 atom stereocenters. The summed E-state index contributed by atoms with van der Waals surface area (Å²) in [6.07, 6.45) is 0. The zero-order chi connectivity index (χ0) is 5.15. The molecular formula is C2H3CsO4Tb. The van der Waals surface area contributed by atoms with Crippen LogP contribution in [0.5, 0.6) is 0 Å². The Hall–Kier alpha value is 2.28. The van der Waals surface area contributed by atoms with E-state index in [2.05, 4.69) is 0 Å². The minimum Gasteiger partial charge on any atom is 0 e. The van der Waals surface area contributed by atoms with Crippen LogP contribution >= 0.6 is 0 Å². The summed E-state index contributed by atoms with van der Waals surface area (Å²) in [6, 6.07) is 0. The second-order valence-corrected chi connectivity index (χ2v) is 0.610. The Morgan fingerprint density at radius 1 is 1.00 bits per heavy atom. The maximum Gasteiger partial charge on any atom is 0 e. The SMILES string of the molecule is O=C(O)C(=O)O.[CsH].[Tb]. The van der Waals surface area contributed by atoms with E-state index in [1.807, 2.05) is 0 Å². The first kappa shape index (κ1) is 16.7. The molecule has 0 aliphatic heterocycles. The van der Waals surface area contributed by atoms with Gasteiger partial charge in [-0.1, -0.05) is 0 Å². The fraction of sp³-hybridized carbons (Fsp3) is 0. The van der Waals surface area contributed by atoms with Crippen LogP contribution in [0.2, 0.25) is 0 Å². The van der Waals surface area contributed by atoms with Crippen molar-refractivity contribution in [3.05, 3.63) is 0 Å². The van der Waals surface area contributed by atoms with E-state index >= 15 is 0 Å². The van der Waals surface area contributed by atoms with Crippen LogP contribution in [0.3, 0.4) is 0 Å². The monoisotopic (exact) mass is 383 g/mol. The molecule has 0 fully saturated rings. The first-order valence-corrected chi connectivity index (χ1v) is 1.11. The van der Waals surface area contributed by atoms with E-state index in [1.165, 1.54) is 0 Å². The van der Waals surface area contributed by atoms with Crippen molar-refractivity contribution in [2.45, 2.75) is 0 Å². The van der Waals surface area contributed by atoms with Gasteiger partial charge < -0.3 is 10.2 Å². The van der Waals surface area contributed by atoms with Crippen LogP contribution in [0, 0.1) is 38.6 Å². The molecule has 0 aliphatic carbocycles. The Bertz CT molecular complexity index is 80.0. The molecule has 0 aromatic carbocycles. The fourth-order valence-corrected chi connectivity index (χ4v) is 0. The topological polar surface area (TPSA) is 74.6 Å². The van der Waals surface area contributed by atoms with E-state index in [1.54, 1.807) is 0 Å². The standard InChI is InChI=1S/C2H2O4.Cs.Tb.H/c3-1(4)2(5)6;;;/h(H,3,4)(H,5,6);;;. The Balaban J connectivity index is -0.000000125. The van der Waals surface area contributed by atoms with Gasteiger partial charge in [-0.3, -0.25) is 0 Å². The number of carbonyl (C=O) groups is 2. The van der Waals surface area contributed by atoms with Gasteiger partial charge in [0.05, 0.1) is 0 Å². The van der Waals surface area contributed by atoms with Crippen LogP contribution in [-0.4, -0.2) is 91.0 Å². The van der Waals surface area contributed by atoms with Crippen LogP contribution in [0.1, 0.15) is 0 Å². The van der Waals surface area contributed by atoms with Gasteiger partial charge in [0.15, 0.2) is 0 Å². The first-order valence-electron chi connectivity index (χ1n) is 1.11. The average Bonchev–Trinajstić information content (AvgIpc) is 1.36. The van der Waals surface area contributed by atoms with Crippen LogP contribution < -0.4 is 0 Å². The summed E-state index contributed by atoms with van der Waals surface area (Å²) in [5, 5.41) is 14.8. The summed E-state index contributed by atoms with van der Waals surface area (Å²) in [5.41, 5.74) is 0. The van der Waals surface area contributed by atoms with E-state index in [0.717, 1.165) is 0 Å². The molecule has 0 saturated heterocycles. The largest absolute Gasteiger partial charge is 0 e. The number of carboxylic acid groups (broad SMARTS) is 2. The predicted octanol–water partition coefficient (Wildman–Crippen LogP) is -1.49. The van der Waals surface area contributed by atoms with Gasteiger partial charge in [0.1, 0.15) is 0 Å².